The maximum Gasteiger partial charge on any atom is 0.408 e. The van der Waals surface area contributed by atoms with E-state index in [1.165, 1.54) is 33.7 Å². The van der Waals surface area contributed by atoms with Gasteiger partial charge in [-0.15, -0.1) is 10.2 Å². The Hall–Kier alpha value is -4.59. The number of hydrogen-bond donors (Lipinski definition) is 2. The minimum atomic E-state index is -4.62. The summed E-state index contributed by atoms with van der Waals surface area (Å²) >= 11 is 0. The molecule has 1 aromatic carbocycles. The number of amides is 1. The highest BCUT2D eigenvalue weighted by molar-refractivity contribution is 5.85. The van der Waals surface area contributed by atoms with Gasteiger partial charge >= 0.3 is 12.3 Å². The summed E-state index contributed by atoms with van der Waals surface area (Å²) in [5.41, 5.74) is 2.71. The Kier molecular flexibility index (Phi) is 6.36. The number of nitrogens with one attached hydrogen (secondary N) is 1. The van der Waals surface area contributed by atoms with Crippen LogP contribution in [-0.4, -0.2) is 70.8 Å². The van der Waals surface area contributed by atoms with Gasteiger partial charge in [-0.1, -0.05) is 12.1 Å². The summed E-state index contributed by atoms with van der Waals surface area (Å²) in [7, 11) is 1.72. The molecule has 5 aromatic rings. The fraction of sp³-hybridized carbons (Fsp3) is 0.296. The smallest absolute Gasteiger partial charge is 0.408 e. The molecule has 0 bridgehead atoms. The summed E-state index contributed by atoms with van der Waals surface area (Å²) in [5, 5.41) is 24.4. The fourth-order valence-corrected chi connectivity index (χ4v) is 5.49. The van der Waals surface area contributed by atoms with Gasteiger partial charge in [0.2, 0.25) is 0 Å². The SMILES string of the molecule is Cc1cc(-c2cc3nc(-c4nnc5ccc([C@@H](N6CC[C@H](NC(=O)O)C6)C(F)(F)F)cn45)ccc3cc2F)n(C)n1. The average Bonchev–Trinajstić information content (AvgIpc) is 3.60. The van der Waals surface area contributed by atoms with E-state index in [0.717, 1.165) is 5.69 Å². The third-order valence-corrected chi connectivity index (χ3v) is 7.25. The van der Waals surface area contributed by atoms with Gasteiger partial charge in [0, 0.05) is 43.3 Å². The molecule has 10 nitrogen and oxygen atoms in total. The fourth-order valence-electron chi connectivity index (χ4n) is 5.49. The number of likely N-dealkylation sites (tertiary alicyclic amines) is 1. The number of pyridine rings is 2. The van der Waals surface area contributed by atoms with Gasteiger partial charge in [-0.3, -0.25) is 14.0 Å². The lowest BCUT2D eigenvalue weighted by Crippen LogP contribution is -2.40. The topological polar surface area (TPSA) is 113 Å². The van der Waals surface area contributed by atoms with Crippen molar-refractivity contribution in [2.24, 2.45) is 7.05 Å². The third-order valence-electron chi connectivity index (χ3n) is 7.25. The molecule has 4 aromatic heterocycles. The minimum Gasteiger partial charge on any atom is -0.465 e. The molecule has 14 heteroatoms. The molecule has 0 spiro atoms. The standard InChI is InChI=1S/C27H24F4N8O2/c1-14-9-22(37(2)36-14)18-11-21-15(10-19(18)28)3-5-20(33-21)25-35-34-23-6-4-16(12-39(23)25)24(27(29,30)31)38-8-7-17(13-38)32-26(40)41/h3-6,9-12,17,24,32H,7-8,13H2,1-2H3,(H,40,41)/t17-,24+/m0/s1. The Labute approximate surface area is 230 Å². The highest BCUT2D eigenvalue weighted by atomic mass is 19.4. The highest BCUT2D eigenvalue weighted by Gasteiger charge is 2.47. The second-order valence-electron chi connectivity index (χ2n) is 10.1. The molecule has 1 saturated heterocycles. The molecule has 0 unspecified atom stereocenters. The Morgan fingerprint density at radius 3 is 2.66 bits per heavy atom. The van der Waals surface area contributed by atoms with Gasteiger partial charge in [-0.25, -0.2) is 14.2 Å². The zero-order chi connectivity index (χ0) is 29.1. The molecule has 2 N–H and O–H groups in total. The molecule has 1 amide bonds. The molecule has 0 radical (unpaired) electrons. The van der Waals surface area contributed by atoms with Crippen LogP contribution in [0.3, 0.4) is 0 Å². The quantitative estimate of drug-likeness (QED) is 0.295. The van der Waals surface area contributed by atoms with Crippen LogP contribution in [-0.2, 0) is 7.05 Å². The Morgan fingerprint density at radius 1 is 1.15 bits per heavy atom. The van der Waals surface area contributed by atoms with E-state index < -0.39 is 30.2 Å². The summed E-state index contributed by atoms with van der Waals surface area (Å²) < 4.78 is 61.0. The summed E-state index contributed by atoms with van der Waals surface area (Å²) in [6, 6.07) is 8.27. The first-order chi connectivity index (χ1) is 19.5. The number of hydrogen-bond acceptors (Lipinski definition) is 6. The average molecular weight is 569 g/mol. The third kappa shape index (κ3) is 4.94. The van der Waals surface area contributed by atoms with Crippen LogP contribution in [0.25, 0.3) is 39.3 Å². The van der Waals surface area contributed by atoms with Crippen LogP contribution in [0.1, 0.15) is 23.7 Å². The maximum absolute atomic E-state index is 15.0. The number of fused-ring (bicyclic) bond motifs is 2. The van der Waals surface area contributed by atoms with Crippen molar-refractivity contribution < 1.29 is 27.5 Å². The monoisotopic (exact) mass is 568 g/mol. The molecule has 1 aliphatic rings. The number of carboxylic acid groups (broad SMARTS) is 1. The van der Waals surface area contributed by atoms with Gasteiger partial charge in [0.05, 0.1) is 16.9 Å². The first-order valence-corrected chi connectivity index (χ1v) is 12.7. The molecule has 2 atom stereocenters. The predicted octanol–water partition coefficient (Wildman–Crippen LogP) is 4.74. The number of rotatable bonds is 5. The number of carbonyl (C=O) groups is 1. The van der Waals surface area contributed by atoms with Crippen LogP contribution in [0.5, 0.6) is 0 Å². The highest BCUT2D eigenvalue weighted by Crippen LogP contribution is 2.40. The van der Waals surface area contributed by atoms with E-state index in [9.17, 15) is 22.4 Å². The van der Waals surface area contributed by atoms with Crippen LogP contribution < -0.4 is 5.32 Å². The summed E-state index contributed by atoms with van der Waals surface area (Å²) in [6.45, 7) is 1.80. The van der Waals surface area contributed by atoms with Crippen molar-refractivity contribution in [1.29, 1.82) is 0 Å². The van der Waals surface area contributed by atoms with Crippen molar-refractivity contribution in [3.8, 4) is 22.8 Å². The molecule has 1 aliphatic heterocycles. The first-order valence-electron chi connectivity index (χ1n) is 12.7. The van der Waals surface area contributed by atoms with Gasteiger partial charge in [-0.05, 0) is 49.2 Å². The van der Waals surface area contributed by atoms with E-state index in [-0.39, 0.29) is 30.9 Å². The molecular weight excluding hydrogens is 544 g/mol. The largest absolute Gasteiger partial charge is 0.465 e. The number of benzene rings is 1. The molecular formula is C27H24F4N8O2. The van der Waals surface area contributed by atoms with E-state index in [0.29, 0.717) is 33.5 Å². The zero-order valence-electron chi connectivity index (χ0n) is 21.9. The van der Waals surface area contributed by atoms with Crippen molar-refractivity contribution in [3.63, 3.8) is 0 Å². The van der Waals surface area contributed by atoms with Crippen LogP contribution in [0.2, 0.25) is 0 Å². The van der Waals surface area contributed by atoms with Gasteiger partial charge < -0.3 is 10.4 Å². The number of alkyl halides is 3. The van der Waals surface area contributed by atoms with Crippen molar-refractivity contribution in [2.75, 3.05) is 13.1 Å². The molecule has 212 valence electrons. The van der Waals surface area contributed by atoms with Crippen molar-refractivity contribution in [1.82, 2.24) is 39.6 Å². The van der Waals surface area contributed by atoms with E-state index in [1.807, 2.05) is 6.92 Å². The van der Waals surface area contributed by atoms with E-state index in [4.69, 9.17) is 5.11 Å². The second-order valence-corrected chi connectivity index (χ2v) is 10.1. The normalized spacial score (nSPS) is 17.0. The van der Waals surface area contributed by atoms with Crippen LogP contribution >= 0.6 is 0 Å². The molecule has 0 aliphatic carbocycles. The summed E-state index contributed by atoms with van der Waals surface area (Å²) in [5.74, 6) is -0.215. The maximum atomic E-state index is 15.0. The summed E-state index contributed by atoms with van der Waals surface area (Å²) in [6.07, 6.45) is -4.29. The molecule has 41 heavy (non-hydrogen) atoms. The van der Waals surface area contributed by atoms with E-state index in [2.05, 4.69) is 25.6 Å². The van der Waals surface area contributed by atoms with Crippen molar-refractivity contribution in [2.45, 2.75) is 31.6 Å². The zero-order valence-corrected chi connectivity index (χ0v) is 21.9. The molecule has 6 rings (SSSR count). The number of aromatic nitrogens is 6. The Balaban J connectivity index is 1.40. The number of nitrogens with zero attached hydrogens (tertiary/aromatic N) is 7. The van der Waals surface area contributed by atoms with E-state index in [1.54, 1.807) is 36.0 Å². The molecule has 5 heterocycles. The number of halogens is 4. The van der Waals surface area contributed by atoms with Gasteiger partial charge in [0.1, 0.15) is 17.6 Å². The molecule has 0 saturated carbocycles. The minimum absolute atomic E-state index is 0.0428. The lowest BCUT2D eigenvalue weighted by molar-refractivity contribution is -0.184. The van der Waals surface area contributed by atoms with E-state index >= 15 is 0 Å². The Bertz CT molecular complexity index is 1800. The predicted molar refractivity (Wildman–Crippen MR) is 141 cm³/mol. The van der Waals surface area contributed by atoms with Crippen molar-refractivity contribution >= 4 is 22.6 Å². The lowest BCUT2D eigenvalue weighted by atomic mass is 10.1. The van der Waals surface area contributed by atoms with Crippen LogP contribution in [0.15, 0.2) is 48.7 Å². The van der Waals surface area contributed by atoms with Gasteiger partial charge in [0.25, 0.3) is 0 Å². The van der Waals surface area contributed by atoms with Crippen LogP contribution in [0, 0.1) is 12.7 Å². The first kappa shape index (κ1) is 26.6. The van der Waals surface area contributed by atoms with Gasteiger partial charge in [-0.2, -0.15) is 18.3 Å². The van der Waals surface area contributed by atoms with Crippen LogP contribution in [0.4, 0.5) is 22.4 Å². The number of aryl methyl sites for hydroxylation is 2. The molecule has 1 fully saturated rings. The van der Waals surface area contributed by atoms with Crippen molar-refractivity contribution in [3.05, 3.63) is 65.7 Å². The van der Waals surface area contributed by atoms with Gasteiger partial charge in [0.15, 0.2) is 11.5 Å². The lowest BCUT2D eigenvalue weighted by Gasteiger charge is -2.30. The second kappa shape index (κ2) is 9.80. The summed E-state index contributed by atoms with van der Waals surface area (Å²) in [4.78, 5) is 16.9. The Morgan fingerprint density at radius 2 is 1.95 bits per heavy atom.